The largest absolute Gasteiger partial charge is 0.493 e. The van der Waals surface area contributed by atoms with E-state index >= 15 is 0 Å². The van der Waals surface area contributed by atoms with E-state index in [4.69, 9.17) is 20.6 Å². The van der Waals surface area contributed by atoms with E-state index in [1.54, 1.807) is 19.3 Å². The van der Waals surface area contributed by atoms with Crippen LogP contribution < -0.4 is 9.47 Å². The number of benzene rings is 2. The van der Waals surface area contributed by atoms with Gasteiger partial charge in [-0.3, -0.25) is 0 Å². The molecule has 0 amide bonds. The summed E-state index contributed by atoms with van der Waals surface area (Å²) in [5.74, 6) is 3.02. The molecule has 0 saturated carbocycles. The summed E-state index contributed by atoms with van der Waals surface area (Å²) in [5.41, 5.74) is 1.87. The van der Waals surface area contributed by atoms with Gasteiger partial charge in [-0.25, -0.2) is 4.79 Å². The SMILES string of the molecule is C#CCOC(=O)/C=C/c1cc(I)c(OCc2ccccc2)c(OC)c1. The molecule has 0 spiro atoms. The molecular weight excluding hydrogens is 431 g/mol. The molecule has 0 aliphatic rings. The molecule has 0 aromatic heterocycles. The molecule has 128 valence electrons. The second-order valence-electron chi connectivity index (χ2n) is 4.95. The fraction of sp³-hybridized carbons (Fsp3) is 0.150. The summed E-state index contributed by atoms with van der Waals surface area (Å²) in [5, 5.41) is 0. The molecule has 25 heavy (non-hydrogen) atoms. The predicted octanol–water partition coefficient (Wildman–Crippen LogP) is 4.07. The van der Waals surface area contributed by atoms with E-state index in [1.807, 2.05) is 36.4 Å². The highest BCUT2D eigenvalue weighted by Gasteiger charge is 2.11. The maximum Gasteiger partial charge on any atom is 0.331 e. The van der Waals surface area contributed by atoms with Crippen LogP contribution in [0.3, 0.4) is 0 Å². The standard InChI is InChI=1S/C20H17IO4/c1-3-11-24-19(22)10-9-16-12-17(21)20(18(13-16)23-2)25-14-15-7-5-4-6-8-15/h1,4-10,12-13H,11,14H2,2H3/b10-9+. The van der Waals surface area contributed by atoms with Gasteiger partial charge in [-0.2, -0.15) is 0 Å². The number of hydrogen-bond acceptors (Lipinski definition) is 4. The van der Waals surface area contributed by atoms with Crippen molar-refractivity contribution in [2.75, 3.05) is 13.7 Å². The highest BCUT2D eigenvalue weighted by Crippen LogP contribution is 2.35. The van der Waals surface area contributed by atoms with Crippen molar-refractivity contribution in [3.05, 3.63) is 63.2 Å². The average Bonchev–Trinajstić information content (AvgIpc) is 2.64. The Kier molecular flexibility index (Phi) is 7.36. The lowest BCUT2D eigenvalue weighted by Crippen LogP contribution is -2.01. The summed E-state index contributed by atoms with van der Waals surface area (Å²) in [6.45, 7) is 0.400. The highest BCUT2D eigenvalue weighted by molar-refractivity contribution is 14.1. The third kappa shape index (κ3) is 5.84. The molecule has 0 N–H and O–H groups in total. The minimum atomic E-state index is -0.490. The fourth-order valence-corrected chi connectivity index (χ4v) is 2.81. The molecule has 0 radical (unpaired) electrons. The predicted molar refractivity (Wildman–Crippen MR) is 105 cm³/mol. The third-order valence-electron chi connectivity index (χ3n) is 3.19. The van der Waals surface area contributed by atoms with E-state index in [1.165, 1.54) is 6.08 Å². The number of halogens is 1. The molecule has 5 heteroatoms. The van der Waals surface area contributed by atoms with E-state index in [0.29, 0.717) is 18.1 Å². The first-order valence-electron chi connectivity index (χ1n) is 7.46. The number of carbonyl (C=O) groups excluding carboxylic acids is 1. The van der Waals surface area contributed by atoms with E-state index < -0.39 is 5.97 Å². The van der Waals surface area contributed by atoms with Gasteiger partial charge < -0.3 is 14.2 Å². The summed E-state index contributed by atoms with van der Waals surface area (Å²) in [6.07, 6.45) is 8.02. The van der Waals surface area contributed by atoms with Crippen LogP contribution in [0, 0.1) is 15.9 Å². The Morgan fingerprint density at radius 3 is 2.72 bits per heavy atom. The Labute approximate surface area is 160 Å². The van der Waals surface area contributed by atoms with Crippen molar-refractivity contribution in [1.29, 1.82) is 0 Å². The molecule has 2 aromatic rings. The normalized spacial score (nSPS) is 10.3. The van der Waals surface area contributed by atoms with Crippen LogP contribution in [0.25, 0.3) is 6.08 Å². The van der Waals surface area contributed by atoms with Crippen LogP contribution >= 0.6 is 22.6 Å². The molecule has 0 heterocycles. The van der Waals surface area contributed by atoms with Crippen LogP contribution in [0.1, 0.15) is 11.1 Å². The number of rotatable bonds is 7. The maximum atomic E-state index is 11.5. The Hall–Kier alpha value is -2.46. The van der Waals surface area contributed by atoms with Crippen molar-refractivity contribution in [3.63, 3.8) is 0 Å². The summed E-state index contributed by atoms with van der Waals surface area (Å²) >= 11 is 2.18. The second-order valence-corrected chi connectivity index (χ2v) is 6.12. The molecule has 0 saturated heterocycles. The zero-order valence-electron chi connectivity index (χ0n) is 13.7. The monoisotopic (exact) mass is 448 g/mol. The first-order valence-corrected chi connectivity index (χ1v) is 8.54. The molecule has 0 unspecified atom stereocenters. The first kappa shape index (κ1) is 18.9. The fourth-order valence-electron chi connectivity index (χ4n) is 2.03. The van der Waals surface area contributed by atoms with Crippen LogP contribution in [-0.2, 0) is 16.1 Å². The summed E-state index contributed by atoms with van der Waals surface area (Å²) in [4.78, 5) is 11.5. The smallest absolute Gasteiger partial charge is 0.331 e. The molecule has 0 aliphatic heterocycles. The molecule has 0 fully saturated rings. The third-order valence-corrected chi connectivity index (χ3v) is 3.99. The first-order chi connectivity index (χ1) is 12.1. The summed E-state index contributed by atoms with van der Waals surface area (Å²) in [6, 6.07) is 13.6. The van der Waals surface area contributed by atoms with Gasteiger partial charge in [0.2, 0.25) is 0 Å². The lowest BCUT2D eigenvalue weighted by atomic mass is 10.2. The quantitative estimate of drug-likeness (QED) is 0.277. The zero-order valence-corrected chi connectivity index (χ0v) is 15.9. The molecule has 2 aromatic carbocycles. The van der Waals surface area contributed by atoms with Gasteiger partial charge in [-0.1, -0.05) is 36.3 Å². The van der Waals surface area contributed by atoms with Crippen molar-refractivity contribution >= 4 is 34.6 Å². The van der Waals surface area contributed by atoms with Gasteiger partial charge in [0.15, 0.2) is 18.1 Å². The van der Waals surface area contributed by atoms with E-state index in [2.05, 4.69) is 28.5 Å². The Balaban J connectivity index is 2.13. The lowest BCUT2D eigenvalue weighted by molar-refractivity contribution is -0.136. The van der Waals surface area contributed by atoms with Crippen molar-refractivity contribution in [2.24, 2.45) is 0 Å². The van der Waals surface area contributed by atoms with Crippen LogP contribution in [0.4, 0.5) is 0 Å². The van der Waals surface area contributed by atoms with Gasteiger partial charge >= 0.3 is 5.97 Å². The zero-order chi connectivity index (χ0) is 18.1. The number of ether oxygens (including phenoxy) is 3. The van der Waals surface area contributed by atoms with Crippen LogP contribution in [0.15, 0.2) is 48.5 Å². The van der Waals surface area contributed by atoms with Crippen molar-refractivity contribution in [3.8, 4) is 23.8 Å². The van der Waals surface area contributed by atoms with Gasteiger partial charge in [0.1, 0.15) is 6.61 Å². The Morgan fingerprint density at radius 1 is 1.28 bits per heavy atom. The highest BCUT2D eigenvalue weighted by atomic mass is 127. The molecule has 0 aliphatic carbocycles. The summed E-state index contributed by atoms with van der Waals surface area (Å²) < 4.78 is 17.0. The Bertz CT molecular complexity index is 791. The Morgan fingerprint density at radius 2 is 2.04 bits per heavy atom. The molecule has 0 atom stereocenters. The number of esters is 1. The van der Waals surface area contributed by atoms with Crippen LogP contribution in [0.5, 0.6) is 11.5 Å². The van der Waals surface area contributed by atoms with Crippen molar-refractivity contribution in [2.45, 2.75) is 6.61 Å². The van der Waals surface area contributed by atoms with Gasteiger partial charge in [-0.15, -0.1) is 6.42 Å². The van der Waals surface area contributed by atoms with E-state index in [0.717, 1.165) is 14.7 Å². The molecule has 2 rings (SSSR count). The minimum Gasteiger partial charge on any atom is -0.493 e. The van der Waals surface area contributed by atoms with Crippen molar-refractivity contribution < 1.29 is 19.0 Å². The van der Waals surface area contributed by atoms with Crippen LogP contribution in [0.2, 0.25) is 0 Å². The topological polar surface area (TPSA) is 44.8 Å². The number of hydrogen-bond donors (Lipinski definition) is 0. The maximum absolute atomic E-state index is 11.5. The van der Waals surface area contributed by atoms with Gasteiger partial charge in [0, 0.05) is 6.08 Å². The number of terminal acetylenes is 1. The second kappa shape index (κ2) is 9.74. The van der Waals surface area contributed by atoms with Crippen LogP contribution in [-0.4, -0.2) is 19.7 Å². The van der Waals surface area contributed by atoms with E-state index in [-0.39, 0.29) is 6.61 Å². The molecular formula is C20H17IO4. The lowest BCUT2D eigenvalue weighted by Gasteiger charge is -2.13. The minimum absolute atomic E-state index is 0.0453. The average molecular weight is 448 g/mol. The van der Waals surface area contributed by atoms with Gasteiger partial charge in [-0.05, 0) is 51.9 Å². The van der Waals surface area contributed by atoms with Crippen molar-refractivity contribution in [1.82, 2.24) is 0 Å². The van der Waals surface area contributed by atoms with Gasteiger partial charge in [0.05, 0.1) is 10.7 Å². The van der Waals surface area contributed by atoms with Gasteiger partial charge in [0.25, 0.3) is 0 Å². The number of carbonyl (C=O) groups is 1. The molecule has 4 nitrogen and oxygen atoms in total. The number of methoxy groups -OCH3 is 1. The van der Waals surface area contributed by atoms with E-state index in [9.17, 15) is 4.79 Å². The summed E-state index contributed by atoms with van der Waals surface area (Å²) in [7, 11) is 1.58. The molecule has 0 bridgehead atoms.